The van der Waals surface area contributed by atoms with Gasteiger partial charge < -0.3 is 4.74 Å². The molecule has 0 amide bonds. The lowest BCUT2D eigenvalue weighted by Crippen LogP contribution is -1.90. The molecule has 0 spiro atoms. The van der Waals surface area contributed by atoms with Gasteiger partial charge in [-0.1, -0.05) is 6.07 Å². The number of ether oxygens (including phenoxy) is 1. The second-order valence-electron chi connectivity index (χ2n) is 3.00. The minimum absolute atomic E-state index is 0.251. The number of benzene rings is 1. The average Bonchev–Trinajstić information content (AvgIpc) is 2.27. The van der Waals surface area contributed by atoms with Crippen LogP contribution < -0.4 is 4.74 Å². The Kier molecular flexibility index (Phi) is 2.33. The molecule has 3 nitrogen and oxygen atoms in total. The minimum Gasteiger partial charge on any atom is -0.497 e. The molecule has 1 aromatic heterocycles. The van der Waals surface area contributed by atoms with Crippen molar-refractivity contribution in [3.05, 3.63) is 36.0 Å². The Balaban J connectivity index is 2.73. The van der Waals surface area contributed by atoms with E-state index >= 15 is 0 Å². The maximum Gasteiger partial charge on any atom is 0.121 e. The van der Waals surface area contributed by atoms with Crippen LogP contribution in [-0.2, 0) is 11.7 Å². The van der Waals surface area contributed by atoms with Crippen LogP contribution in [0.3, 0.4) is 0 Å². The predicted octanol–water partition coefficient (Wildman–Crippen LogP) is 2.17. The Labute approximate surface area is 82.0 Å². The second-order valence-corrected chi connectivity index (χ2v) is 3.00. The lowest BCUT2D eigenvalue weighted by Gasteiger charge is -2.05. The van der Waals surface area contributed by atoms with E-state index < -0.39 is 0 Å². The third-order valence-electron chi connectivity index (χ3n) is 2.17. The van der Waals surface area contributed by atoms with Gasteiger partial charge in [0.05, 0.1) is 12.6 Å². The molecule has 0 saturated heterocycles. The van der Waals surface area contributed by atoms with Gasteiger partial charge in [-0.15, -0.1) is 0 Å². The highest BCUT2D eigenvalue weighted by Crippen LogP contribution is 2.23. The summed E-state index contributed by atoms with van der Waals surface area (Å²) in [6.45, 7) is -0.251. The highest BCUT2D eigenvalue weighted by molar-refractivity contribution is 5.83. The maximum atomic E-state index is 10.9. The Hall–Kier alpha value is -1.61. The summed E-state index contributed by atoms with van der Waals surface area (Å²) in [6.07, 6.45) is 1.70. The van der Waals surface area contributed by atoms with E-state index in [2.05, 4.69) is 4.98 Å². The normalized spacial score (nSPS) is 10.4. The van der Waals surface area contributed by atoms with Crippen LogP contribution in [0.5, 0.6) is 5.75 Å². The summed E-state index contributed by atoms with van der Waals surface area (Å²) in [4.78, 5) is 4.18. The van der Waals surface area contributed by atoms with Crippen molar-refractivity contribution in [2.75, 3.05) is 7.11 Å². The largest absolute Gasteiger partial charge is 0.497 e. The number of methoxy groups -OCH3 is 1. The van der Waals surface area contributed by atoms with Gasteiger partial charge in [0.25, 0.3) is 0 Å². The van der Waals surface area contributed by atoms with E-state index in [0.717, 1.165) is 16.5 Å². The third-order valence-corrected chi connectivity index (χ3v) is 2.17. The van der Waals surface area contributed by atoms with Crippen LogP contribution in [0.15, 0.2) is 30.5 Å². The molecule has 0 fully saturated rings. The van der Waals surface area contributed by atoms with Crippen molar-refractivity contribution in [3.63, 3.8) is 0 Å². The van der Waals surface area contributed by atoms with E-state index in [0.29, 0.717) is 5.75 Å². The molecule has 0 unspecified atom stereocenters. The van der Waals surface area contributed by atoms with Gasteiger partial charge in [-0.25, -0.2) is 5.11 Å². The van der Waals surface area contributed by atoms with Crippen molar-refractivity contribution < 1.29 is 9.84 Å². The molecule has 0 aliphatic heterocycles. The quantitative estimate of drug-likeness (QED) is 0.724. The summed E-state index contributed by atoms with van der Waals surface area (Å²) in [5, 5.41) is 11.8. The Morgan fingerprint density at radius 1 is 1.43 bits per heavy atom. The highest BCUT2D eigenvalue weighted by Gasteiger charge is 2.04. The number of nitrogens with zero attached hydrogens (tertiary/aromatic N) is 1. The number of hydrogen-bond donors (Lipinski definition) is 0. The molecule has 2 rings (SSSR count). The first-order chi connectivity index (χ1) is 6.85. The van der Waals surface area contributed by atoms with Crippen LogP contribution in [0.2, 0.25) is 0 Å². The summed E-state index contributed by atoms with van der Waals surface area (Å²) in [5.74, 6) is 0.682. The van der Waals surface area contributed by atoms with Gasteiger partial charge >= 0.3 is 0 Å². The summed E-state index contributed by atoms with van der Waals surface area (Å²) in [7, 11) is 1.58. The van der Waals surface area contributed by atoms with E-state index in [4.69, 9.17) is 4.74 Å². The summed E-state index contributed by atoms with van der Waals surface area (Å²) < 4.78 is 5.09. The lowest BCUT2D eigenvalue weighted by molar-refractivity contribution is 0.178. The van der Waals surface area contributed by atoms with Gasteiger partial charge in [0.15, 0.2) is 0 Å². The van der Waals surface area contributed by atoms with Crippen LogP contribution in [-0.4, -0.2) is 12.1 Å². The molecular weight excluding hydrogens is 178 g/mol. The molecule has 0 bridgehead atoms. The van der Waals surface area contributed by atoms with Crippen LogP contribution in [0.25, 0.3) is 10.9 Å². The van der Waals surface area contributed by atoms with Crippen molar-refractivity contribution in [1.82, 2.24) is 4.98 Å². The molecular formula is C11H10NO2. The van der Waals surface area contributed by atoms with Gasteiger partial charge in [-0.05, 0) is 17.7 Å². The summed E-state index contributed by atoms with van der Waals surface area (Å²) in [6, 6.07) is 7.31. The van der Waals surface area contributed by atoms with E-state index in [1.807, 2.05) is 18.2 Å². The van der Waals surface area contributed by atoms with Crippen molar-refractivity contribution in [3.8, 4) is 5.75 Å². The molecule has 0 N–H and O–H groups in total. The van der Waals surface area contributed by atoms with Crippen LogP contribution >= 0.6 is 0 Å². The SMILES string of the molecule is COc1cc(C[O])c2cccnc2c1. The second kappa shape index (κ2) is 3.64. The number of rotatable bonds is 2. The number of fused-ring (bicyclic) bond motifs is 1. The molecule has 0 atom stereocenters. The smallest absolute Gasteiger partial charge is 0.121 e. The molecule has 14 heavy (non-hydrogen) atoms. The van der Waals surface area contributed by atoms with Gasteiger partial charge in [0.1, 0.15) is 12.4 Å². The van der Waals surface area contributed by atoms with Crippen LogP contribution in [0, 0.1) is 0 Å². The molecule has 0 saturated carbocycles. The Morgan fingerprint density at radius 3 is 3.00 bits per heavy atom. The molecule has 1 heterocycles. The zero-order chi connectivity index (χ0) is 9.97. The van der Waals surface area contributed by atoms with Crippen molar-refractivity contribution in [2.24, 2.45) is 0 Å². The maximum absolute atomic E-state index is 10.9. The van der Waals surface area contributed by atoms with E-state index in [-0.39, 0.29) is 6.61 Å². The van der Waals surface area contributed by atoms with E-state index in [1.54, 1.807) is 19.4 Å². The third kappa shape index (κ3) is 1.42. The number of aromatic nitrogens is 1. The Bertz CT molecular complexity index is 454. The summed E-state index contributed by atoms with van der Waals surface area (Å²) in [5.41, 5.74) is 1.53. The highest BCUT2D eigenvalue weighted by atomic mass is 16.5. The first-order valence-corrected chi connectivity index (χ1v) is 4.35. The van der Waals surface area contributed by atoms with Gasteiger partial charge in [0, 0.05) is 17.6 Å². The van der Waals surface area contributed by atoms with Crippen molar-refractivity contribution in [1.29, 1.82) is 0 Å². The molecule has 1 aromatic carbocycles. The minimum atomic E-state index is -0.251. The van der Waals surface area contributed by atoms with Crippen molar-refractivity contribution >= 4 is 10.9 Å². The number of hydrogen-bond acceptors (Lipinski definition) is 2. The van der Waals surface area contributed by atoms with Gasteiger partial charge in [-0.3, -0.25) is 4.98 Å². The van der Waals surface area contributed by atoms with E-state index in [1.165, 1.54) is 0 Å². The first-order valence-electron chi connectivity index (χ1n) is 4.35. The average molecular weight is 188 g/mol. The lowest BCUT2D eigenvalue weighted by atomic mass is 10.1. The molecule has 3 heteroatoms. The van der Waals surface area contributed by atoms with Crippen LogP contribution in [0.4, 0.5) is 0 Å². The fraction of sp³-hybridized carbons (Fsp3) is 0.182. The molecule has 0 aliphatic carbocycles. The molecule has 71 valence electrons. The van der Waals surface area contributed by atoms with Gasteiger partial charge in [-0.2, -0.15) is 0 Å². The van der Waals surface area contributed by atoms with Gasteiger partial charge in [0.2, 0.25) is 0 Å². The molecule has 0 aliphatic rings. The van der Waals surface area contributed by atoms with E-state index in [9.17, 15) is 5.11 Å². The number of pyridine rings is 1. The zero-order valence-electron chi connectivity index (χ0n) is 7.86. The monoisotopic (exact) mass is 188 g/mol. The molecule has 1 radical (unpaired) electrons. The zero-order valence-corrected chi connectivity index (χ0v) is 7.86. The fourth-order valence-electron chi connectivity index (χ4n) is 1.47. The predicted molar refractivity (Wildman–Crippen MR) is 52.7 cm³/mol. The summed E-state index contributed by atoms with van der Waals surface area (Å²) >= 11 is 0. The molecule has 2 aromatic rings. The topological polar surface area (TPSA) is 42.0 Å². The van der Waals surface area contributed by atoms with Crippen LogP contribution in [0.1, 0.15) is 5.56 Å². The first kappa shape index (κ1) is 8.97. The van der Waals surface area contributed by atoms with Crippen molar-refractivity contribution in [2.45, 2.75) is 6.61 Å². The fourth-order valence-corrected chi connectivity index (χ4v) is 1.47. The standard InChI is InChI=1S/C11H10NO2/c1-14-9-5-8(7-13)10-3-2-4-12-11(10)6-9/h2-6H,7H2,1H3. The Morgan fingerprint density at radius 2 is 2.29 bits per heavy atom.